The lowest BCUT2D eigenvalue weighted by molar-refractivity contribution is 0.102. The normalized spacial score (nSPS) is 11.1. The molecule has 29 heavy (non-hydrogen) atoms. The Morgan fingerprint density at radius 1 is 1.03 bits per heavy atom. The molecule has 2 N–H and O–H groups in total. The fourth-order valence-electron chi connectivity index (χ4n) is 2.72. The van der Waals surface area contributed by atoms with Gasteiger partial charge in [0.1, 0.15) is 0 Å². The lowest BCUT2D eigenvalue weighted by Gasteiger charge is -2.20. The van der Waals surface area contributed by atoms with Gasteiger partial charge in [-0.2, -0.15) is 0 Å². The average molecular weight is 431 g/mol. The van der Waals surface area contributed by atoms with Crippen LogP contribution in [0.1, 0.15) is 15.9 Å². The van der Waals surface area contributed by atoms with Crippen molar-refractivity contribution in [1.29, 1.82) is 0 Å². The number of nitrogens with one attached hydrogen (secondary N) is 1. The molecule has 0 radical (unpaired) electrons. The predicted molar refractivity (Wildman–Crippen MR) is 114 cm³/mol. The molecule has 0 bridgehead atoms. The van der Waals surface area contributed by atoms with E-state index < -0.39 is 15.9 Å². The van der Waals surface area contributed by atoms with Crippen molar-refractivity contribution in [3.05, 3.63) is 88.9 Å². The Bertz CT molecular complexity index is 1150. The highest BCUT2D eigenvalue weighted by Gasteiger charge is 2.22. The molecule has 1 amide bonds. The van der Waals surface area contributed by atoms with E-state index in [9.17, 15) is 18.3 Å². The van der Waals surface area contributed by atoms with Crippen LogP contribution in [0, 0.1) is 0 Å². The summed E-state index contributed by atoms with van der Waals surface area (Å²) >= 11 is 5.96. The van der Waals surface area contributed by atoms with E-state index in [1.807, 2.05) is 0 Å². The zero-order valence-corrected chi connectivity index (χ0v) is 17.1. The number of aliphatic hydroxyl groups excluding tert-OH is 1. The minimum Gasteiger partial charge on any atom is -0.392 e. The van der Waals surface area contributed by atoms with Crippen molar-refractivity contribution < 1.29 is 18.3 Å². The van der Waals surface area contributed by atoms with Crippen molar-refractivity contribution >= 4 is 38.9 Å². The van der Waals surface area contributed by atoms with Gasteiger partial charge in [-0.25, -0.2) is 8.42 Å². The van der Waals surface area contributed by atoms with Gasteiger partial charge in [-0.15, -0.1) is 0 Å². The molecule has 0 fully saturated rings. The van der Waals surface area contributed by atoms with Gasteiger partial charge in [-0.1, -0.05) is 35.9 Å². The van der Waals surface area contributed by atoms with Gasteiger partial charge in [0.15, 0.2) is 0 Å². The number of hydrogen-bond acceptors (Lipinski definition) is 4. The lowest BCUT2D eigenvalue weighted by atomic mass is 10.2. The molecular formula is C21H19ClN2O4S. The maximum absolute atomic E-state index is 13.0. The van der Waals surface area contributed by atoms with Crippen LogP contribution >= 0.6 is 11.6 Å². The summed E-state index contributed by atoms with van der Waals surface area (Å²) in [4.78, 5) is 12.6. The van der Waals surface area contributed by atoms with Crippen molar-refractivity contribution in [2.24, 2.45) is 0 Å². The number of amides is 1. The SMILES string of the molecule is CN(c1cccc(Cl)c1)S(=O)(=O)c1cccc(C(=O)Nc2cccc(CO)c2)c1. The first-order valence-corrected chi connectivity index (χ1v) is 10.5. The van der Waals surface area contributed by atoms with Gasteiger partial charge >= 0.3 is 0 Å². The quantitative estimate of drug-likeness (QED) is 0.620. The molecule has 0 aromatic heterocycles. The van der Waals surface area contributed by atoms with Crippen LogP contribution < -0.4 is 9.62 Å². The van der Waals surface area contributed by atoms with Crippen molar-refractivity contribution in [2.45, 2.75) is 11.5 Å². The molecule has 0 heterocycles. The maximum atomic E-state index is 13.0. The number of nitrogens with zero attached hydrogens (tertiary/aromatic N) is 1. The Labute approximate surface area is 174 Å². The molecule has 8 heteroatoms. The monoisotopic (exact) mass is 430 g/mol. The van der Waals surface area contributed by atoms with Gasteiger partial charge in [0, 0.05) is 23.3 Å². The number of carbonyl (C=O) groups excluding carboxylic acids is 1. The molecule has 0 saturated carbocycles. The Hall–Kier alpha value is -2.87. The summed E-state index contributed by atoms with van der Waals surface area (Å²) in [5, 5.41) is 12.3. The molecule has 3 rings (SSSR count). The Kier molecular flexibility index (Phi) is 6.22. The maximum Gasteiger partial charge on any atom is 0.264 e. The Morgan fingerprint density at radius 3 is 2.48 bits per heavy atom. The fraction of sp³-hybridized carbons (Fsp3) is 0.0952. The minimum atomic E-state index is -3.89. The first-order chi connectivity index (χ1) is 13.8. The molecule has 0 aliphatic carbocycles. The highest BCUT2D eigenvalue weighted by Crippen LogP contribution is 2.25. The zero-order chi connectivity index (χ0) is 21.0. The zero-order valence-electron chi connectivity index (χ0n) is 15.5. The van der Waals surface area contributed by atoms with Crippen molar-refractivity contribution in [3.8, 4) is 0 Å². The van der Waals surface area contributed by atoms with Crippen LogP contribution in [0.5, 0.6) is 0 Å². The summed E-state index contributed by atoms with van der Waals surface area (Å²) in [7, 11) is -2.46. The standard InChI is InChI=1S/C21H19ClN2O4S/c1-24(19-9-4-7-17(22)13-19)29(27,28)20-10-3-6-16(12-20)21(26)23-18-8-2-5-15(11-18)14-25/h2-13,25H,14H2,1H3,(H,23,26). The molecule has 150 valence electrons. The third-order valence-electron chi connectivity index (χ3n) is 4.29. The van der Waals surface area contributed by atoms with Crippen LogP contribution in [0.3, 0.4) is 0 Å². The Balaban J connectivity index is 1.87. The number of benzene rings is 3. The summed E-state index contributed by atoms with van der Waals surface area (Å²) in [6.07, 6.45) is 0. The van der Waals surface area contributed by atoms with Crippen LogP contribution in [0.15, 0.2) is 77.7 Å². The summed E-state index contributed by atoms with van der Waals surface area (Å²) in [5.74, 6) is -0.456. The Morgan fingerprint density at radius 2 is 1.76 bits per heavy atom. The van der Waals surface area contributed by atoms with E-state index in [4.69, 9.17) is 11.6 Å². The molecule has 0 spiro atoms. The van der Waals surface area contributed by atoms with Gasteiger partial charge in [-0.05, 0) is 54.1 Å². The van der Waals surface area contributed by atoms with Gasteiger partial charge < -0.3 is 10.4 Å². The van der Waals surface area contributed by atoms with E-state index in [2.05, 4.69) is 5.32 Å². The minimum absolute atomic E-state index is 0.0169. The highest BCUT2D eigenvalue weighted by atomic mass is 35.5. The number of carbonyl (C=O) groups is 1. The first-order valence-electron chi connectivity index (χ1n) is 8.67. The van der Waals surface area contributed by atoms with Crippen molar-refractivity contribution in [3.63, 3.8) is 0 Å². The summed E-state index contributed by atoms with van der Waals surface area (Å²) < 4.78 is 27.1. The van der Waals surface area contributed by atoms with Gasteiger partial charge in [-0.3, -0.25) is 9.10 Å². The van der Waals surface area contributed by atoms with E-state index in [1.165, 1.54) is 31.3 Å². The molecule has 3 aromatic rings. The summed E-state index contributed by atoms with van der Waals surface area (Å²) in [6, 6.07) is 19.1. The number of hydrogen-bond donors (Lipinski definition) is 2. The molecule has 3 aromatic carbocycles. The fourth-order valence-corrected chi connectivity index (χ4v) is 4.14. The van der Waals surface area contributed by atoms with E-state index >= 15 is 0 Å². The third kappa shape index (κ3) is 4.76. The van der Waals surface area contributed by atoms with Crippen molar-refractivity contribution in [2.75, 3.05) is 16.7 Å². The molecule has 6 nitrogen and oxygen atoms in total. The molecule has 0 atom stereocenters. The summed E-state index contributed by atoms with van der Waals surface area (Å²) in [6.45, 7) is -0.146. The van der Waals surface area contributed by atoms with Gasteiger partial charge in [0.25, 0.3) is 15.9 Å². The van der Waals surface area contributed by atoms with Crippen LogP contribution in [0.2, 0.25) is 5.02 Å². The molecule has 0 aliphatic rings. The second-order valence-electron chi connectivity index (χ2n) is 6.29. The largest absolute Gasteiger partial charge is 0.392 e. The van der Waals surface area contributed by atoms with E-state index in [-0.39, 0.29) is 17.1 Å². The smallest absolute Gasteiger partial charge is 0.264 e. The van der Waals surface area contributed by atoms with Crippen LogP contribution in [0.4, 0.5) is 11.4 Å². The second kappa shape index (κ2) is 8.65. The van der Waals surface area contributed by atoms with Gasteiger partial charge in [0.2, 0.25) is 0 Å². The predicted octanol–water partition coefficient (Wildman–Crippen LogP) is 3.91. The number of rotatable bonds is 6. The molecule has 0 saturated heterocycles. The number of aliphatic hydroxyl groups is 1. The van der Waals surface area contributed by atoms with Crippen molar-refractivity contribution in [1.82, 2.24) is 0 Å². The van der Waals surface area contributed by atoms with Crippen LogP contribution in [-0.2, 0) is 16.6 Å². The van der Waals surface area contributed by atoms with E-state index in [1.54, 1.807) is 48.5 Å². The third-order valence-corrected chi connectivity index (χ3v) is 6.31. The molecule has 0 aliphatic heterocycles. The molecule has 0 unspecified atom stereocenters. The lowest BCUT2D eigenvalue weighted by Crippen LogP contribution is -2.26. The topological polar surface area (TPSA) is 86.7 Å². The average Bonchev–Trinajstić information content (AvgIpc) is 2.73. The number of anilines is 2. The number of halogens is 1. The highest BCUT2D eigenvalue weighted by molar-refractivity contribution is 7.92. The second-order valence-corrected chi connectivity index (χ2v) is 8.70. The van der Waals surface area contributed by atoms with E-state index in [0.717, 1.165) is 4.31 Å². The molecular weight excluding hydrogens is 412 g/mol. The first kappa shape index (κ1) is 20.9. The van der Waals surface area contributed by atoms with E-state index in [0.29, 0.717) is 22.0 Å². The number of sulfonamides is 1. The summed E-state index contributed by atoms with van der Waals surface area (Å²) in [5.41, 5.74) is 1.77. The van der Waals surface area contributed by atoms with Gasteiger partial charge in [0.05, 0.1) is 17.2 Å². The van der Waals surface area contributed by atoms with Crippen LogP contribution in [0.25, 0.3) is 0 Å². The van der Waals surface area contributed by atoms with Crippen LogP contribution in [-0.4, -0.2) is 26.5 Å².